The molecular weight excluding hydrogens is 390 g/mol. The molecule has 1 aliphatic rings. The molecule has 0 aliphatic carbocycles. The summed E-state index contributed by atoms with van der Waals surface area (Å²) in [6, 6.07) is 20.4. The van der Waals surface area contributed by atoms with Gasteiger partial charge in [0.05, 0.1) is 0 Å². The molecule has 5 heteroatoms. The standard InChI is InChI=1S/C25H23N3OS/c29-25(28-15-13-27(14-16-28)12-11-19-6-2-1-3-7-19)20-8-4-9-22-24(20)21(18-26-22)23-10-5-17-30-23/h1-12,17-18,26H,13-16H2. The maximum atomic E-state index is 13.4. The van der Waals surface area contributed by atoms with E-state index >= 15 is 0 Å². The van der Waals surface area contributed by atoms with Gasteiger partial charge in [-0.2, -0.15) is 0 Å². The van der Waals surface area contributed by atoms with Crippen LogP contribution in [0.5, 0.6) is 0 Å². The van der Waals surface area contributed by atoms with Crippen molar-refractivity contribution in [2.75, 3.05) is 26.2 Å². The first-order valence-electron chi connectivity index (χ1n) is 10.2. The van der Waals surface area contributed by atoms with Gasteiger partial charge in [0.2, 0.25) is 0 Å². The summed E-state index contributed by atoms with van der Waals surface area (Å²) in [6.45, 7) is 3.14. The number of thiophene rings is 1. The second-order valence-corrected chi connectivity index (χ2v) is 8.41. The van der Waals surface area contributed by atoms with Crippen molar-refractivity contribution in [3.8, 4) is 10.4 Å². The average molecular weight is 414 g/mol. The molecule has 0 saturated carbocycles. The molecule has 2 aromatic heterocycles. The van der Waals surface area contributed by atoms with E-state index in [4.69, 9.17) is 0 Å². The Morgan fingerprint density at radius 2 is 1.77 bits per heavy atom. The van der Waals surface area contributed by atoms with E-state index in [9.17, 15) is 4.79 Å². The SMILES string of the molecule is O=C(c1cccc2[nH]cc(-c3cccs3)c12)N1CCN(C=Cc2ccccc2)CC1. The van der Waals surface area contributed by atoms with E-state index < -0.39 is 0 Å². The maximum absolute atomic E-state index is 13.4. The number of hydrogen-bond acceptors (Lipinski definition) is 3. The fraction of sp³-hybridized carbons (Fsp3) is 0.160. The monoisotopic (exact) mass is 413 g/mol. The number of H-pyrrole nitrogens is 1. The molecule has 1 fully saturated rings. The summed E-state index contributed by atoms with van der Waals surface area (Å²) in [5.41, 5.74) is 4.09. The van der Waals surface area contributed by atoms with Crippen LogP contribution < -0.4 is 0 Å². The molecule has 4 aromatic rings. The molecule has 1 saturated heterocycles. The quantitative estimate of drug-likeness (QED) is 0.491. The molecule has 30 heavy (non-hydrogen) atoms. The molecule has 4 nitrogen and oxygen atoms in total. The molecule has 1 aliphatic heterocycles. The van der Waals surface area contributed by atoms with Crippen molar-refractivity contribution in [1.29, 1.82) is 0 Å². The van der Waals surface area contributed by atoms with Crippen LogP contribution in [0.3, 0.4) is 0 Å². The topological polar surface area (TPSA) is 39.3 Å². The number of benzene rings is 2. The zero-order valence-corrected chi connectivity index (χ0v) is 17.4. The first-order valence-corrected chi connectivity index (χ1v) is 11.1. The van der Waals surface area contributed by atoms with Gasteiger partial charge in [0.1, 0.15) is 0 Å². The number of rotatable bonds is 4. The number of aromatic amines is 1. The van der Waals surface area contributed by atoms with Crippen LogP contribution in [0.25, 0.3) is 27.4 Å². The van der Waals surface area contributed by atoms with Gasteiger partial charge in [-0.1, -0.05) is 42.5 Å². The molecule has 0 unspecified atom stereocenters. The van der Waals surface area contributed by atoms with Crippen molar-refractivity contribution in [1.82, 2.24) is 14.8 Å². The predicted octanol–water partition coefficient (Wildman–Crippen LogP) is 5.33. The van der Waals surface area contributed by atoms with Crippen LogP contribution in [0.4, 0.5) is 0 Å². The van der Waals surface area contributed by atoms with Gasteiger partial charge in [-0.15, -0.1) is 11.3 Å². The van der Waals surface area contributed by atoms with Crippen molar-refractivity contribution in [2.24, 2.45) is 0 Å². The summed E-state index contributed by atoms with van der Waals surface area (Å²) in [5.74, 6) is 0.115. The molecule has 0 bridgehead atoms. The van der Waals surface area contributed by atoms with Crippen LogP contribution in [-0.2, 0) is 0 Å². The zero-order valence-electron chi connectivity index (χ0n) is 16.6. The first kappa shape index (κ1) is 18.7. The van der Waals surface area contributed by atoms with Crippen molar-refractivity contribution in [3.05, 3.63) is 89.6 Å². The maximum Gasteiger partial charge on any atom is 0.254 e. The third kappa shape index (κ3) is 3.64. The smallest absolute Gasteiger partial charge is 0.254 e. The number of aromatic nitrogens is 1. The lowest BCUT2D eigenvalue weighted by atomic mass is 10.0. The van der Waals surface area contributed by atoms with Gasteiger partial charge in [-0.25, -0.2) is 0 Å². The number of fused-ring (bicyclic) bond motifs is 1. The van der Waals surface area contributed by atoms with E-state index in [0.717, 1.165) is 48.2 Å². The van der Waals surface area contributed by atoms with Gasteiger partial charge in [0.25, 0.3) is 5.91 Å². The average Bonchev–Trinajstić information content (AvgIpc) is 3.48. The van der Waals surface area contributed by atoms with Crippen molar-refractivity contribution in [2.45, 2.75) is 0 Å². The summed E-state index contributed by atoms with van der Waals surface area (Å²) in [7, 11) is 0. The Bertz CT molecular complexity index is 1170. The Kier molecular flexibility index (Phi) is 5.11. The third-order valence-corrected chi connectivity index (χ3v) is 6.50. The van der Waals surface area contributed by atoms with E-state index in [0.29, 0.717) is 0 Å². The highest BCUT2D eigenvalue weighted by molar-refractivity contribution is 7.13. The molecule has 3 heterocycles. The highest BCUT2D eigenvalue weighted by Crippen LogP contribution is 2.34. The van der Waals surface area contributed by atoms with Crippen LogP contribution in [0, 0.1) is 0 Å². The summed E-state index contributed by atoms with van der Waals surface area (Å²) in [5, 5.41) is 3.09. The van der Waals surface area contributed by atoms with E-state index in [-0.39, 0.29) is 5.91 Å². The minimum atomic E-state index is 0.115. The molecular formula is C25H23N3OS. The lowest BCUT2D eigenvalue weighted by Gasteiger charge is -2.34. The van der Waals surface area contributed by atoms with Crippen LogP contribution in [0.2, 0.25) is 0 Å². The summed E-state index contributed by atoms with van der Waals surface area (Å²) in [4.78, 5) is 22.2. The number of nitrogens with one attached hydrogen (secondary N) is 1. The number of amides is 1. The minimum Gasteiger partial charge on any atom is -0.374 e. The number of carbonyl (C=O) groups is 1. The Balaban J connectivity index is 1.33. The van der Waals surface area contributed by atoms with E-state index in [2.05, 4.69) is 45.7 Å². The van der Waals surface area contributed by atoms with Crippen LogP contribution >= 0.6 is 11.3 Å². The number of nitrogens with zero attached hydrogens (tertiary/aromatic N) is 2. The number of piperazine rings is 1. The fourth-order valence-corrected chi connectivity index (χ4v) is 4.74. The predicted molar refractivity (Wildman–Crippen MR) is 125 cm³/mol. The Labute approximate surface area is 180 Å². The Morgan fingerprint density at radius 3 is 2.53 bits per heavy atom. The summed E-state index contributed by atoms with van der Waals surface area (Å²) < 4.78 is 0. The molecule has 0 spiro atoms. The van der Waals surface area contributed by atoms with Crippen LogP contribution in [0.1, 0.15) is 15.9 Å². The van der Waals surface area contributed by atoms with Gasteiger partial charge in [-0.05, 0) is 41.4 Å². The molecule has 5 rings (SSSR count). The third-order valence-electron chi connectivity index (χ3n) is 5.60. The van der Waals surface area contributed by atoms with E-state index in [1.54, 1.807) is 11.3 Å². The minimum absolute atomic E-state index is 0.115. The lowest BCUT2D eigenvalue weighted by Crippen LogP contribution is -2.46. The molecule has 2 aromatic carbocycles. The fourth-order valence-electron chi connectivity index (χ4n) is 3.99. The van der Waals surface area contributed by atoms with Crippen LogP contribution in [0.15, 0.2) is 78.4 Å². The first-order chi connectivity index (χ1) is 14.8. The van der Waals surface area contributed by atoms with Gasteiger partial charge in [0.15, 0.2) is 0 Å². The van der Waals surface area contributed by atoms with Gasteiger partial charge in [-0.3, -0.25) is 4.79 Å². The molecule has 1 amide bonds. The van der Waals surface area contributed by atoms with Gasteiger partial charge in [0, 0.05) is 59.3 Å². The molecule has 150 valence electrons. The largest absolute Gasteiger partial charge is 0.374 e. The second-order valence-electron chi connectivity index (χ2n) is 7.46. The van der Waals surface area contributed by atoms with Crippen molar-refractivity contribution in [3.63, 3.8) is 0 Å². The summed E-state index contributed by atoms with van der Waals surface area (Å²) in [6.07, 6.45) is 6.28. The number of carbonyl (C=O) groups excluding carboxylic acids is 1. The summed E-state index contributed by atoms with van der Waals surface area (Å²) >= 11 is 1.70. The van der Waals surface area contributed by atoms with Crippen molar-refractivity contribution >= 4 is 34.2 Å². The van der Waals surface area contributed by atoms with Gasteiger partial charge < -0.3 is 14.8 Å². The molecule has 1 N–H and O–H groups in total. The molecule has 0 radical (unpaired) electrons. The van der Waals surface area contributed by atoms with Crippen LogP contribution in [-0.4, -0.2) is 46.9 Å². The Morgan fingerprint density at radius 1 is 0.933 bits per heavy atom. The normalized spacial score (nSPS) is 14.7. The molecule has 0 atom stereocenters. The highest BCUT2D eigenvalue weighted by atomic mass is 32.1. The van der Waals surface area contributed by atoms with E-state index in [1.165, 1.54) is 10.4 Å². The van der Waals surface area contributed by atoms with E-state index in [1.807, 2.05) is 53.6 Å². The highest BCUT2D eigenvalue weighted by Gasteiger charge is 2.24. The Hall–Kier alpha value is -3.31. The number of hydrogen-bond donors (Lipinski definition) is 1. The zero-order chi connectivity index (χ0) is 20.3. The van der Waals surface area contributed by atoms with Crippen molar-refractivity contribution < 1.29 is 4.79 Å². The lowest BCUT2D eigenvalue weighted by molar-refractivity contribution is 0.0682. The van der Waals surface area contributed by atoms with Gasteiger partial charge >= 0.3 is 0 Å². The second kappa shape index (κ2) is 8.20.